The highest BCUT2D eigenvalue weighted by Gasteiger charge is 2.21. The number of aliphatic hydroxyl groups excluding tert-OH is 1. The van der Waals surface area contributed by atoms with Crippen LogP contribution >= 0.6 is 11.6 Å². The molecule has 1 atom stereocenters. The fourth-order valence-electron chi connectivity index (χ4n) is 2.44. The highest BCUT2D eigenvalue weighted by Crippen LogP contribution is 2.24. The average Bonchev–Trinajstić information content (AvgIpc) is 2.93. The summed E-state index contributed by atoms with van der Waals surface area (Å²) >= 11 is 5.92. The maximum absolute atomic E-state index is 12.4. The molecule has 118 valence electrons. The predicted molar refractivity (Wildman–Crippen MR) is 80.8 cm³/mol. The van der Waals surface area contributed by atoms with Gasteiger partial charge in [-0.15, -0.1) is 0 Å². The molecule has 0 saturated carbocycles. The number of halogens is 1. The lowest BCUT2D eigenvalue weighted by molar-refractivity contribution is 0.184. The van der Waals surface area contributed by atoms with Gasteiger partial charge in [-0.25, -0.2) is 13.1 Å². The smallest absolute Gasteiger partial charge is 0.240 e. The summed E-state index contributed by atoms with van der Waals surface area (Å²) in [5.74, 6) is 0.418. The Morgan fingerprint density at radius 3 is 2.86 bits per heavy atom. The van der Waals surface area contributed by atoms with Gasteiger partial charge in [-0.1, -0.05) is 11.6 Å². The molecule has 0 amide bonds. The largest absolute Gasteiger partial charge is 0.392 e. The van der Waals surface area contributed by atoms with E-state index >= 15 is 0 Å². The van der Waals surface area contributed by atoms with E-state index in [1.807, 2.05) is 0 Å². The lowest BCUT2D eigenvalue weighted by atomic mass is 10.1. The van der Waals surface area contributed by atoms with Gasteiger partial charge in [-0.05, 0) is 48.9 Å². The summed E-state index contributed by atoms with van der Waals surface area (Å²) in [6.45, 7) is 3.25. The fourth-order valence-corrected chi connectivity index (χ4v) is 4.10. The van der Waals surface area contributed by atoms with Crippen molar-refractivity contribution in [3.05, 3.63) is 28.3 Å². The number of aliphatic hydroxyl groups is 1. The third kappa shape index (κ3) is 4.17. The molecule has 1 heterocycles. The van der Waals surface area contributed by atoms with Gasteiger partial charge >= 0.3 is 0 Å². The van der Waals surface area contributed by atoms with E-state index in [1.165, 1.54) is 6.07 Å². The molecule has 0 aromatic heterocycles. The van der Waals surface area contributed by atoms with Gasteiger partial charge in [0.1, 0.15) is 0 Å². The first-order valence-corrected chi connectivity index (χ1v) is 8.77. The van der Waals surface area contributed by atoms with Crippen molar-refractivity contribution in [3.8, 4) is 0 Å². The van der Waals surface area contributed by atoms with E-state index in [9.17, 15) is 13.5 Å². The molecule has 0 aliphatic carbocycles. The summed E-state index contributed by atoms with van der Waals surface area (Å²) in [5.41, 5.74) is 1.05. The molecule has 2 N–H and O–H groups in total. The highest BCUT2D eigenvalue weighted by atomic mass is 35.5. The summed E-state index contributed by atoms with van der Waals surface area (Å²) in [5, 5.41) is 9.57. The van der Waals surface area contributed by atoms with Crippen LogP contribution < -0.4 is 4.72 Å². The second kappa shape index (κ2) is 7.07. The number of nitrogens with one attached hydrogen (secondary N) is 1. The van der Waals surface area contributed by atoms with E-state index in [1.54, 1.807) is 13.0 Å². The van der Waals surface area contributed by atoms with E-state index in [4.69, 9.17) is 16.3 Å². The molecule has 1 saturated heterocycles. The van der Waals surface area contributed by atoms with Gasteiger partial charge in [0.25, 0.3) is 0 Å². The number of hydrogen-bond acceptors (Lipinski definition) is 4. The topological polar surface area (TPSA) is 75.6 Å². The van der Waals surface area contributed by atoms with Crippen molar-refractivity contribution < 1.29 is 18.3 Å². The van der Waals surface area contributed by atoms with E-state index < -0.39 is 10.0 Å². The van der Waals surface area contributed by atoms with Crippen LogP contribution in [0.1, 0.15) is 24.0 Å². The quantitative estimate of drug-likeness (QED) is 0.833. The Bertz CT molecular complexity index is 597. The predicted octanol–water partition coefficient (Wildman–Crippen LogP) is 1.85. The van der Waals surface area contributed by atoms with E-state index in [0.29, 0.717) is 35.2 Å². The van der Waals surface area contributed by atoms with Crippen LogP contribution in [-0.4, -0.2) is 33.3 Å². The molecule has 7 heteroatoms. The summed E-state index contributed by atoms with van der Waals surface area (Å²) in [7, 11) is -3.62. The first-order valence-electron chi connectivity index (χ1n) is 6.91. The van der Waals surface area contributed by atoms with Gasteiger partial charge < -0.3 is 9.84 Å². The van der Waals surface area contributed by atoms with Gasteiger partial charge in [0.05, 0.1) is 11.5 Å². The Kier molecular flexibility index (Phi) is 5.62. The van der Waals surface area contributed by atoms with E-state index in [-0.39, 0.29) is 11.5 Å². The molecule has 1 aromatic rings. The Balaban J connectivity index is 2.09. The molecule has 1 aromatic carbocycles. The monoisotopic (exact) mass is 333 g/mol. The van der Waals surface area contributed by atoms with E-state index in [2.05, 4.69) is 4.72 Å². The molecule has 1 unspecified atom stereocenters. The fraction of sp³-hybridized carbons (Fsp3) is 0.571. The zero-order chi connectivity index (χ0) is 15.5. The highest BCUT2D eigenvalue weighted by molar-refractivity contribution is 7.89. The molecular weight excluding hydrogens is 314 g/mol. The Hall–Kier alpha value is -0.660. The maximum atomic E-state index is 12.4. The normalized spacial score (nSPS) is 19.1. The van der Waals surface area contributed by atoms with Gasteiger partial charge in [0.2, 0.25) is 10.0 Å². The van der Waals surface area contributed by atoms with Crippen molar-refractivity contribution in [1.82, 2.24) is 4.72 Å². The molecule has 2 rings (SSSR count). The van der Waals surface area contributed by atoms with Crippen LogP contribution in [0.3, 0.4) is 0 Å². The van der Waals surface area contributed by atoms with Crippen LogP contribution in [0, 0.1) is 12.8 Å². The summed E-state index contributed by atoms with van der Waals surface area (Å²) in [4.78, 5) is 0.127. The third-order valence-electron chi connectivity index (χ3n) is 3.76. The summed E-state index contributed by atoms with van der Waals surface area (Å²) < 4.78 is 32.6. The van der Waals surface area contributed by atoms with Gasteiger partial charge in [0, 0.05) is 24.8 Å². The van der Waals surface area contributed by atoms with Crippen molar-refractivity contribution >= 4 is 21.6 Å². The van der Waals surface area contributed by atoms with Crippen molar-refractivity contribution in [2.45, 2.75) is 31.3 Å². The molecule has 5 nitrogen and oxygen atoms in total. The summed E-state index contributed by atoms with van der Waals surface area (Å²) in [6.07, 6.45) is 1.73. The van der Waals surface area contributed by atoms with Crippen LogP contribution in [0.2, 0.25) is 5.02 Å². The minimum absolute atomic E-state index is 0.127. The molecule has 0 bridgehead atoms. The molecule has 1 aliphatic heterocycles. The van der Waals surface area contributed by atoms with Crippen molar-refractivity contribution in [1.29, 1.82) is 0 Å². The molecule has 0 radical (unpaired) electrons. The maximum Gasteiger partial charge on any atom is 0.240 e. The number of ether oxygens (including phenoxy) is 1. The van der Waals surface area contributed by atoms with Crippen molar-refractivity contribution in [3.63, 3.8) is 0 Å². The van der Waals surface area contributed by atoms with E-state index in [0.717, 1.165) is 19.4 Å². The lowest BCUT2D eigenvalue weighted by Gasteiger charge is -2.13. The van der Waals surface area contributed by atoms with Crippen molar-refractivity contribution in [2.24, 2.45) is 5.92 Å². The number of rotatable bonds is 6. The zero-order valence-electron chi connectivity index (χ0n) is 11.9. The lowest BCUT2D eigenvalue weighted by Crippen LogP contribution is -2.27. The summed E-state index contributed by atoms with van der Waals surface area (Å²) in [6, 6.07) is 2.99. The minimum atomic E-state index is -3.62. The average molecular weight is 334 g/mol. The van der Waals surface area contributed by atoms with Crippen molar-refractivity contribution in [2.75, 3.05) is 19.8 Å². The van der Waals surface area contributed by atoms with Crippen LogP contribution in [0.25, 0.3) is 0 Å². The Labute approximate surface area is 130 Å². The van der Waals surface area contributed by atoms with Crippen LogP contribution in [0.15, 0.2) is 17.0 Å². The van der Waals surface area contributed by atoms with Gasteiger partial charge in [0.15, 0.2) is 0 Å². The van der Waals surface area contributed by atoms with Gasteiger partial charge in [-0.2, -0.15) is 0 Å². The third-order valence-corrected chi connectivity index (χ3v) is 5.57. The Morgan fingerprint density at radius 2 is 2.24 bits per heavy atom. The zero-order valence-corrected chi connectivity index (χ0v) is 13.5. The number of hydrogen-bond donors (Lipinski definition) is 2. The standard InChI is InChI=1S/C14H20ClNO4S/c1-10-12(8-17)6-13(15)7-14(10)21(18,19)16-4-2-11-3-5-20-9-11/h6-7,11,16-17H,2-5,8-9H2,1H3. The molecule has 21 heavy (non-hydrogen) atoms. The number of benzene rings is 1. The van der Waals surface area contributed by atoms with Crippen LogP contribution in [0.4, 0.5) is 0 Å². The molecular formula is C14H20ClNO4S. The first-order chi connectivity index (χ1) is 9.94. The minimum Gasteiger partial charge on any atom is -0.392 e. The second-order valence-electron chi connectivity index (χ2n) is 5.26. The van der Waals surface area contributed by atoms with Crippen LogP contribution in [0.5, 0.6) is 0 Å². The SMILES string of the molecule is Cc1c(CO)cc(Cl)cc1S(=O)(=O)NCCC1CCOC1. The number of sulfonamides is 1. The second-order valence-corrected chi connectivity index (χ2v) is 7.43. The first kappa shape index (κ1) is 16.7. The Morgan fingerprint density at radius 1 is 1.48 bits per heavy atom. The van der Waals surface area contributed by atoms with Crippen LogP contribution in [-0.2, 0) is 21.4 Å². The molecule has 1 fully saturated rings. The molecule has 0 spiro atoms. The van der Waals surface area contributed by atoms with Gasteiger partial charge in [-0.3, -0.25) is 0 Å². The molecule has 1 aliphatic rings.